The Kier molecular flexibility index (Phi) is 2.63. The van der Waals surface area contributed by atoms with E-state index in [1.54, 1.807) is 0 Å². The van der Waals surface area contributed by atoms with E-state index in [4.69, 9.17) is 4.74 Å². The van der Waals surface area contributed by atoms with E-state index in [1.807, 2.05) is 20.8 Å². The molecule has 2 saturated carbocycles. The molecule has 2 rings (SSSR count). The molecule has 0 aliphatic heterocycles. The van der Waals surface area contributed by atoms with E-state index < -0.39 is 11.8 Å². The van der Waals surface area contributed by atoms with Gasteiger partial charge in [0, 0.05) is 6.04 Å². The lowest BCUT2D eigenvalue weighted by molar-refractivity contribution is -0.0626. The highest BCUT2D eigenvalue weighted by atomic mass is 19.1. The van der Waals surface area contributed by atoms with Gasteiger partial charge in [-0.1, -0.05) is 0 Å². The molecule has 1 N–H and O–H groups in total. The Morgan fingerprint density at radius 1 is 1.31 bits per heavy atom. The molecule has 16 heavy (non-hydrogen) atoms. The van der Waals surface area contributed by atoms with E-state index in [-0.39, 0.29) is 17.6 Å². The zero-order valence-electron chi connectivity index (χ0n) is 10.2. The highest BCUT2D eigenvalue weighted by Crippen LogP contribution is 2.56. The third-order valence-corrected chi connectivity index (χ3v) is 3.39. The van der Waals surface area contributed by atoms with Crippen molar-refractivity contribution in [3.05, 3.63) is 0 Å². The van der Waals surface area contributed by atoms with Crippen LogP contribution in [0.25, 0.3) is 0 Å². The molecular weight excluding hydrogens is 209 g/mol. The molecular formula is C12H20FNO2. The lowest BCUT2D eigenvalue weighted by Crippen LogP contribution is -2.57. The fourth-order valence-corrected chi connectivity index (χ4v) is 2.78. The number of rotatable bonds is 1. The molecule has 2 fully saturated rings. The fourth-order valence-electron chi connectivity index (χ4n) is 2.78. The minimum atomic E-state index is -0.609. The summed E-state index contributed by atoms with van der Waals surface area (Å²) in [6.07, 6.45) is 2.21. The minimum absolute atomic E-state index is 0.183. The first-order valence-electron chi connectivity index (χ1n) is 5.92. The van der Waals surface area contributed by atoms with E-state index >= 15 is 0 Å². The minimum Gasteiger partial charge on any atom is -0.444 e. The van der Waals surface area contributed by atoms with Crippen molar-refractivity contribution in [2.45, 2.75) is 64.3 Å². The average Bonchev–Trinajstić information content (AvgIpc) is 1.93. The maximum Gasteiger partial charge on any atom is 0.407 e. The number of carbonyl (C=O) groups excluding carboxylic acids is 1. The fraction of sp³-hybridized carbons (Fsp3) is 0.917. The number of hydrogen-bond donors (Lipinski definition) is 1. The monoisotopic (exact) mass is 229 g/mol. The van der Waals surface area contributed by atoms with Crippen molar-refractivity contribution in [3.63, 3.8) is 0 Å². The quantitative estimate of drug-likeness (QED) is 0.750. The van der Waals surface area contributed by atoms with Gasteiger partial charge in [0.05, 0.1) is 0 Å². The summed E-state index contributed by atoms with van der Waals surface area (Å²) in [5, 5.41) is 2.83. The summed E-state index contributed by atoms with van der Waals surface area (Å²) in [5.41, 5.74) is -0.245. The predicted octanol–water partition coefficient (Wildman–Crippen LogP) is 2.79. The summed E-state index contributed by atoms with van der Waals surface area (Å²) in [6.45, 7) is 5.53. The number of hydrogen-bond acceptors (Lipinski definition) is 2. The zero-order chi connectivity index (χ0) is 12.0. The summed E-state index contributed by atoms with van der Waals surface area (Å²) in [7, 11) is 0. The van der Waals surface area contributed by atoms with Gasteiger partial charge in [-0.25, -0.2) is 9.18 Å². The summed E-state index contributed by atoms with van der Waals surface area (Å²) < 4.78 is 17.9. The van der Waals surface area contributed by atoms with Crippen LogP contribution in [-0.2, 0) is 4.74 Å². The second-order valence-electron chi connectivity index (χ2n) is 6.26. The first-order valence-corrected chi connectivity index (χ1v) is 5.92. The van der Waals surface area contributed by atoms with E-state index in [2.05, 4.69) is 5.32 Å². The van der Waals surface area contributed by atoms with Gasteiger partial charge in [0.2, 0.25) is 0 Å². The Balaban J connectivity index is 1.68. The summed E-state index contributed by atoms with van der Waals surface area (Å²) in [6, 6.07) is 0.183. The standard InChI is InChI=1S/C12H20FNO2/c1-11(2,3)16-10(15)14-9-6-12(7-9)4-8(13)5-12/h8-9H,4-7H2,1-3H3,(H,14,15). The van der Waals surface area contributed by atoms with Crippen LogP contribution < -0.4 is 5.32 Å². The highest BCUT2D eigenvalue weighted by molar-refractivity contribution is 5.68. The molecule has 0 heterocycles. The Morgan fingerprint density at radius 2 is 1.88 bits per heavy atom. The van der Waals surface area contributed by atoms with Gasteiger partial charge >= 0.3 is 6.09 Å². The van der Waals surface area contributed by atoms with E-state index in [9.17, 15) is 9.18 Å². The second kappa shape index (κ2) is 3.60. The maximum atomic E-state index is 12.7. The maximum absolute atomic E-state index is 12.7. The van der Waals surface area contributed by atoms with E-state index in [0.717, 1.165) is 12.8 Å². The summed E-state index contributed by atoms with van der Waals surface area (Å²) in [4.78, 5) is 11.4. The van der Waals surface area contributed by atoms with Crippen LogP contribution in [0, 0.1) is 5.41 Å². The molecule has 0 aromatic heterocycles. The van der Waals surface area contributed by atoms with Crippen molar-refractivity contribution in [1.82, 2.24) is 5.32 Å². The Bertz CT molecular complexity index is 284. The molecule has 0 saturated heterocycles. The van der Waals surface area contributed by atoms with Gasteiger partial charge in [0.1, 0.15) is 11.8 Å². The normalized spacial score (nSPS) is 37.5. The third-order valence-electron chi connectivity index (χ3n) is 3.39. The lowest BCUT2D eigenvalue weighted by atomic mass is 9.53. The molecule has 2 aliphatic rings. The molecule has 0 unspecified atom stereocenters. The molecule has 0 aromatic rings. The predicted molar refractivity (Wildman–Crippen MR) is 59.0 cm³/mol. The number of halogens is 1. The van der Waals surface area contributed by atoms with Crippen molar-refractivity contribution in [2.24, 2.45) is 5.41 Å². The van der Waals surface area contributed by atoms with Crippen LogP contribution in [0.15, 0.2) is 0 Å². The van der Waals surface area contributed by atoms with E-state index in [1.165, 1.54) is 0 Å². The number of alkyl carbamates (subject to hydrolysis) is 1. The highest BCUT2D eigenvalue weighted by Gasteiger charge is 2.53. The van der Waals surface area contributed by atoms with Crippen molar-refractivity contribution < 1.29 is 13.9 Å². The van der Waals surface area contributed by atoms with Crippen LogP contribution in [0.4, 0.5) is 9.18 Å². The summed E-state index contributed by atoms with van der Waals surface area (Å²) in [5.74, 6) is 0. The molecule has 0 bridgehead atoms. The van der Waals surface area contributed by atoms with Gasteiger partial charge in [0.25, 0.3) is 0 Å². The van der Waals surface area contributed by atoms with Crippen molar-refractivity contribution >= 4 is 6.09 Å². The van der Waals surface area contributed by atoms with Crippen LogP contribution in [0.1, 0.15) is 46.5 Å². The molecule has 0 aromatic carbocycles. The Hall–Kier alpha value is -0.800. The van der Waals surface area contributed by atoms with Crippen LogP contribution in [0.2, 0.25) is 0 Å². The van der Waals surface area contributed by atoms with Crippen LogP contribution in [-0.4, -0.2) is 23.9 Å². The molecule has 0 radical (unpaired) electrons. The average molecular weight is 229 g/mol. The van der Waals surface area contributed by atoms with Gasteiger partial charge in [-0.05, 0) is 51.9 Å². The van der Waals surface area contributed by atoms with Crippen molar-refractivity contribution in [3.8, 4) is 0 Å². The number of ether oxygens (including phenoxy) is 1. The smallest absolute Gasteiger partial charge is 0.407 e. The van der Waals surface area contributed by atoms with Crippen molar-refractivity contribution in [1.29, 1.82) is 0 Å². The summed E-state index contributed by atoms with van der Waals surface area (Å²) >= 11 is 0. The van der Waals surface area contributed by atoms with Gasteiger partial charge in [-0.3, -0.25) is 0 Å². The van der Waals surface area contributed by atoms with Gasteiger partial charge < -0.3 is 10.1 Å². The third kappa shape index (κ3) is 2.47. The largest absolute Gasteiger partial charge is 0.444 e. The van der Waals surface area contributed by atoms with Gasteiger partial charge in [-0.2, -0.15) is 0 Å². The number of carbonyl (C=O) groups is 1. The van der Waals surface area contributed by atoms with E-state index in [0.29, 0.717) is 12.8 Å². The van der Waals surface area contributed by atoms with Gasteiger partial charge in [0.15, 0.2) is 0 Å². The number of alkyl halides is 1. The number of amides is 1. The second-order valence-corrected chi connectivity index (χ2v) is 6.26. The van der Waals surface area contributed by atoms with Crippen LogP contribution in [0.5, 0.6) is 0 Å². The molecule has 0 atom stereocenters. The molecule has 1 spiro atoms. The van der Waals surface area contributed by atoms with Crippen molar-refractivity contribution in [2.75, 3.05) is 0 Å². The Labute approximate surface area is 95.7 Å². The molecule has 2 aliphatic carbocycles. The zero-order valence-corrected chi connectivity index (χ0v) is 10.2. The first kappa shape index (κ1) is 11.7. The molecule has 1 amide bonds. The topological polar surface area (TPSA) is 38.3 Å². The SMILES string of the molecule is CC(C)(C)OC(=O)NC1CC2(CC(F)C2)C1. The number of nitrogens with one attached hydrogen (secondary N) is 1. The van der Waals surface area contributed by atoms with Crippen LogP contribution >= 0.6 is 0 Å². The Morgan fingerprint density at radius 3 is 2.31 bits per heavy atom. The first-order chi connectivity index (χ1) is 7.28. The molecule has 92 valence electrons. The molecule has 3 nitrogen and oxygen atoms in total. The lowest BCUT2D eigenvalue weighted by Gasteiger charge is -2.55. The van der Waals surface area contributed by atoms with Crippen LogP contribution in [0.3, 0.4) is 0 Å². The molecule has 4 heteroatoms. The van der Waals surface area contributed by atoms with Gasteiger partial charge in [-0.15, -0.1) is 0 Å².